The lowest BCUT2D eigenvalue weighted by Crippen LogP contribution is -2.00. The lowest BCUT2D eigenvalue weighted by Gasteiger charge is -2.06. The quantitative estimate of drug-likeness (QED) is 0.843. The molecule has 0 aliphatic heterocycles. The summed E-state index contributed by atoms with van der Waals surface area (Å²) in [7, 11) is 0. The molecule has 2 aromatic heterocycles. The lowest BCUT2D eigenvalue weighted by molar-refractivity contribution is 0.150. The van der Waals surface area contributed by atoms with E-state index in [0.717, 1.165) is 10.4 Å². The minimum absolute atomic E-state index is 0.564. The Hall–Kier alpha value is -1.13. The van der Waals surface area contributed by atoms with E-state index in [1.807, 2.05) is 13.0 Å². The molecular formula is C10H11NO2S. The summed E-state index contributed by atoms with van der Waals surface area (Å²) in [4.78, 5) is 5.02. The number of aromatic nitrogens is 1. The molecule has 0 spiro atoms. The molecule has 1 unspecified atom stereocenters. The summed E-state index contributed by atoms with van der Waals surface area (Å²) in [5, 5.41) is 9.85. The molecule has 2 heterocycles. The Kier molecular flexibility index (Phi) is 2.65. The Labute approximate surface area is 86.0 Å². The van der Waals surface area contributed by atoms with Crippen molar-refractivity contribution in [1.82, 2.24) is 4.98 Å². The molecule has 74 valence electrons. The SMILES string of the molecule is Cc1ccoc1C(O)Cc1cncs1. The van der Waals surface area contributed by atoms with Crippen LogP contribution in [0.3, 0.4) is 0 Å². The normalized spacial score (nSPS) is 13.0. The standard InChI is InChI=1S/C10H11NO2S/c1-7-2-3-13-10(7)9(12)4-8-5-11-6-14-8/h2-3,5-6,9,12H,4H2,1H3. The summed E-state index contributed by atoms with van der Waals surface area (Å²) < 4.78 is 5.21. The minimum Gasteiger partial charge on any atom is -0.466 e. The maximum atomic E-state index is 9.85. The monoisotopic (exact) mass is 209 g/mol. The first-order chi connectivity index (χ1) is 6.77. The van der Waals surface area contributed by atoms with E-state index in [1.54, 1.807) is 29.3 Å². The molecule has 0 amide bonds. The molecule has 0 fully saturated rings. The van der Waals surface area contributed by atoms with E-state index < -0.39 is 6.10 Å². The van der Waals surface area contributed by atoms with Crippen LogP contribution >= 0.6 is 11.3 Å². The third-order valence-electron chi connectivity index (χ3n) is 2.08. The molecule has 0 radical (unpaired) electrons. The third-order valence-corrected chi connectivity index (χ3v) is 2.88. The summed E-state index contributed by atoms with van der Waals surface area (Å²) in [5.41, 5.74) is 2.75. The molecule has 2 aromatic rings. The predicted octanol–water partition coefficient (Wildman–Crippen LogP) is 2.32. The van der Waals surface area contributed by atoms with Gasteiger partial charge in [0.05, 0.1) is 11.8 Å². The van der Waals surface area contributed by atoms with Crippen LogP contribution in [0.15, 0.2) is 28.5 Å². The molecular weight excluding hydrogens is 198 g/mol. The number of hydrogen-bond acceptors (Lipinski definition) is 4. The zero-order chi connectivity index (χ0) is 9.97. The lowest BCUT2D eigenvalue weighted by atomic mass is 10.1. The van der Waals surface area contributed by atoms with Gasteiger partial charge in [0.2, 0.25) is 0 Å². The molecule has 0 saturated carbocycles. The van der Waals surface area contributed by atoms with Crippen LogP contribution in [-0.2, 0) is 6.42 Å². The highest BCUT2D eigenvalue weighted by atomic mass is 32.1. The fraction of sp³-hybridized carbons (Fsp3) is 0.300. The van der Waals surface area contributed by atoms with E-state index in [4.69, 9.17) is 4.42 Å². The number of aliphatic hydroxyl groups is 1. The first-order valence-corrected chi connectivity index (χ1v) is 5.25. The Morgan fingerprint density at radius 3 is 3.07 bits per heavy atom. The molecule has 14 heavy (non-hydrogen) atoms. The van der Waals surface area contributed by atoms with Gasteiger partial charge in [0, 0.05) is 17.5 Å². The Balaban J connectivity index is 2.10. The highest BCUT2D eigenvalue weighted by molar-refractivity contribution is 7.09. The van der Waals surface area contributed by atoms with Gasteiger partial charge in [-0.15, -0.1) is 11.3 Å². The van der Waals surface area contributed by atoms with E-state index >= 15 is 0 Å². The van der Waals surface area contributed by atoms with Gasteiger partial charge in [0.15, 0.2) is 0 Å². The van der Waals surface area contributed by atoms with Crippen LogP contribution in [0.1, 0.15) is 22.3 Å². The van der Waals surface area contributed by atoms with Crippen molar-refractivity contribution in [2.24, 2.45) is 0 Å². The maximum Gasteiger partial charge on any atom is 0.135 e. The average Bonchev–Trinajstić information content (AvgIpc) is 2.75. The van der Waals surface area contributed by atoms with Gasteiger partial charge in [-0.1, -0.05) is 0 Å². The van der Waals surface area contributed by atoms with Crippen LogP contribution in [-0.4, -0.2) is 10.1 Å². The van der Waals surface area contributed by atoms with Crippen molar-refractivity contribution in [2.45, 2.75) is 19.4 Å². The maximum absolute atomic E-state index is 9.85. The van der Waals surface area contributed by atoms with Gasteiger partial charge < -0.3 is 9.52 Å². The van der Waals surface area contributed by atoms with Crippen molar-refractivity contribution in [3.63, 3.8) is 0 Å². The van der Waals surface area contributed by atoms with Crippen molar-refractivity contribution >= 4 is 11.3 Å². The number of hydrogen-bond donors (Lipinski definition) is 1. The van der Waals surface area contributed by atoms with E-state index in [1.165, 1.54) is 0 Å². The summed E-state index contributed by atoms with van der Waals surface area (Å²) in [6.45, 7) is 1.93. The van der Waals surface area contributed by atoms with Gasteiger partial charge in [0.1, 0.15) is 11.9 Å². The van der Waals surface area contributed by atoms with Crippen molar-refractivity contribution in [3.8, 4) is 0 Å². The highest BCUT2D eigenvalue weighted by Crippen LogP contribution is 2.23. The Morgan fingerprint density at radius 1 is 1.64 bits per heavy atom. The first-order valence-electron chi connectivity index (χ1n) is 4.37. The molecule has 0 aromatic carbocycles. The smallest absolute Gasteiger partial charge is 0.135 e. The van der Waals surface area contributed by atoms with Crippen LogP contribution in [0.25, 0.3) is 0 Å². The Morgan fingerprint density at radius 2 is 2.50 bits per heavy atom. The van der Waals surface area contributed by atoms with Crippen molar-refractivity contribution in [2.75, 3.05) is 0 Å². The third kappa shape index (κ3) is 1.86. The van der Waals surface area contributed by atoms with Crippen molar-refractivity contribution < 1.29 is 9.52 Å². The van der Waals surface area contributed by atoms with Crippen LogP contribution in [0.5, 0.6) is 0 Å². The van der Waals surface area contributed by atoms with Crippen LogP contribution in [0.2, 0.25) is 0 Å². The fourth-order valence-electron chi connectivity index (χ4n) is 1.35. The zero-order valence-electron chi connectivity index (χ0n) is 7.80. The van der Waals surface area contributed by atoms with Gasteiger partial charge >= 0.3 is 0 Å². The van der Waals surface area contributed by atoms with E-state index in [2.05, 4.69) is 4.98 Å². The number of aryl methyl sites for hydroxylation is 1. The Bertz CT molecular complexity index is 394. The largest absolute Gasteiger partial charge is 0.466 e. The number of furan rings is 1. The topological polar surface area (TPSA) is 46.3 Å². The van der Waals surface area contributed by atoms with Gasteiger partial charge in [0.25, 0.3) is 0 Å². The molecule has 0 saturated heterocycles. The molecule has 0 aliphatic rings. The molecule has 1 N–H and O–H groups in total. The van der Waals surface area contributed by atoms with Crippen LogP contribution in [0.4, 0.5) is 0 Å². The van der Waals surface area contributed by atoms with E-state index in [9.17, 15) is 5.11 Å². The second-order valence-electron chi connectivity index (χ2n) is 3.16. The summed E-state index contributed by atoms with van der Waals surface area (Å²) in [6.07, 6.45) is 3.37. The first kappa shape index (κ1) is 9.43. The second-order valence-corrected chi connectivity index (χ2v) is 4.13. The molecule has 4 heteroatoms. The number of nitrogens with zero attached hydrogens (tertiary/aromatic N) is 1. The highest BCUT2D eigenvalue weighted by Gasteiger charge is 2.14. The van der Waals surface area contributed by atoms with Crippen molar-refractivity contribution in [3.05, 3.63) is 40.2 Å². The second kappa shape index (κ2) is 3.94. The molecule has 0 aliphatic carbocycles. The number of aliphatic hydroxyl groups excluding tert-OH is 1. The van der Waals surface area contributed by atoms with Gasteiger partial charge in [-0.2, -0.15) is 0 Å². The number of thiazole rings is 1. The summed E-state index contributed by atoms with van der Waals surface area (Å²) >= 11 is 1.54. The molecule has 1 atom stereocenters. The van der Waals surface area contributed by atoms with E-state index in [-0.39, 0.29) is 0 Å². The fourth-order valence-corrected chi connectivity index (χ4v) is 1.98. The zero-order valence-corrected chi connectivity index (χ0v) is 8.62. The molecule has 3 nitrogen and oxygen atoms in total. The minimum atomic E-state index is -0.564. The molecule has 0 bridgehead atoms. The van der Waals surface area contributed by atoms with Gasteiger partial charge in [-0.3, -0.25) is 4.98 Å². The van der Waals surface area contributed by atoms with Gasteiger partial charge in [-0.05, 0) is 18.6 Å². The summed E-state index contributed by atoms with van der Waals surface area (Å²) in [5.74, 6) is 0.651. The van der Waals surface area contributed by atoms with Crippen LogP contribution in [0, 0.1) is 6.92 Å². The van der Waals surface area contributed by atoms with E-state index in [0.29, 0.717) is 12.2 Å². The van der Waals surface area contributed by atoms with Gasteiger partial charge in [-0.25, -0.2) is 0 Å². The molecule has 2 rings (SSSR count). The van der Waals surface area contributed by atoms with Crippen LogP contribution < -0.4 is 0 Å². The van der Waals surface area contributed by atoms with Crippen molar-refractivity contribution in [1.29, 1.82) is 0 Å². The summed E-state index contributed by atoms with van der Waals surface area (Å²) in [6, 6.07) is 1.85. The number of rotatable bonds is 3. The average molecular weight is 209 g/mol. The predicted molar refractivity (Wildman–Crippen MR) is 54.2 cm³/mol.